The second kappa shape index (κ2) is 4.02. The van der Waals surface area contributed by atoms with Crippen molar-refractivity contribution in [2.75, 3.05) is 5.73 Å². The van der Waals surface area contributed by atoms with Crippen molar-refractivity contribution < 1.29 is 0 Å². The summed E-state index contributed by atoms with van der Waals surface area (Å²) in [6.07, 6.45) is 3.84. The second-order valence-corrected chi connectivity index (χ2v) is 4.81. The van der Waals surface area contributed by atoms with Gasteiger partial charge >= 0.3 is 0 Å². The molecule has 17 heavy (non-hydrogen) atoms. The van der Waals surface area contributed by atoms with Crippen LogP contribution in [0.4, 0.5) is 5.95 Å². The molecular formula is C13H20N4. The Hall–Kier alpha value is -1.58. The third-order valence-electron chi connectivity index (χ3n) is 3.84. The highest BCUT2D eigenvalue weighted by molar-refractivity contribution is 5.77. The summed E-state index contributed by atoms with van der Waals surface area (Å²) in [5.74, 6) is 0.563. The first-order valence-electron chi connectivity index (χ1n) is 6.13. The van der Waals surface area contributed by atoms with Gasteiger partial charge < -0.3 is 5.73 Å². The highest BCUT2D eigenvalue weighted by atomic mass is 15.2. The molecule has 2 aromatic heterocycles. The van der Waals surface area contributed by atoms with E-state index in [1.54, 1.807) is 0 Å². The van der Waals surface area contributed by atoms with Crippen LogP contribution < -0.4 is 5.73 Å². The van der Waals surface area contributed by atoms with Crippen LogP contribution in [0, 0.1) is 6.92 Å². The Morgan fingerprint density at radius 3 is 2.59 bits per heavy atom. The third kappa shape index (κ3) is 1.68. The van der Waals surface area contributed by atoms with Gasteiger partial charge in [0.05, 0.1) is 0 Å². The molecule has 0 saturated carbocycles. The SMILES string of the molecule is CCC(C)(CC)n1c(N)nc2c(C)ccnc21. The van der Waals surface area contributed by atoms with E-state index in [1.165, 1.54) is 0 Å². The molecule has 0 saturated heterocycles. The number of aryl methyl sites for hydroxylation is 1. The van der Waals surface area contributed by atoms with Gasteiger partial charge in [0.2, 0.25) is 5.95 Å². The Bertz CT molecular complexity index is 538. The lowest BCUT2D eigenvalue weighted by Gasteiger charge is -2.29. The van der Waals surface area contributed by atoms with Crippen LogP contribution in [0.1, 0.15) is 39.2 Å². The molecule has 0 bridgehead atoms. The fourth-order valence-electron chi connectivity index (χ4n) is 2.21. The molecule has 0 aromatic carbocycles. The minimum Gasteiger partial charge on any atom is -0.369 e. The average molecular weight is 232 g/mol. The number of aromatic nitrogens is 3. The number of pyridine rings is 1. The number of anilines is 1. The van der Waals surface area contributed by atoms with Gasteiger partial charge in [-0.1, -0.05) is 13.8 Å². The fraction of sp³-hybridized carbons (Fsp3) is 0.538. The zero-order chi connectivity index (χ0) is 12.6. The number of nitrogen functional groups attached to an aromatic ring is 1. The van der Waals surface area contributed by atoms with Gasteiger partial charge in [0.15, 0.2) is 5.65 Å². The van der Waals surface area contributed by atoms with Gasteiger partial charge in [-0.15, -0.1) is 0 Å². The molecule has 0 spiro atoms. The first kappa shape index (κ1) is 11.9. The fourth-order valence-corrected chi connectivity index (χ4v) is 2.21. The van der Waals surface area contributed by atoms with E-state index >= 15 is 0 Å². The summed E-state index contributed by atoms with van der Waals surface area (Å²) >= 11 is 0. The highest BCUT2D eigenvalue weighted by Crippen LogP contribution is 2.31. The molecule has 2 aromatic rings. The molecule has 0 atom stereocenters. The number of fused-ring (bicyclic) bond motifs is 1. The summed E-state index contributed by atoms with van der Waals surface area (Å²) < 4.78 is 2.08. The summed E-state index contributed by atoms with van der Waals surface area (Å²) in [5.41, 5.74) is 8.99. The van der Waals surface area contributed by atoms with Crippen LogP contribution in [0.15, 0.2) is 12.3 Å². The molecule has 4 nitrogen and oxygen atoms in total. The molecule has 2 N–H and O–H groups in total. The zero-order valence-electron chi connectivity index (χ0n) is 11.0. The maximum atomic E-state index is 6.07. The minimum atomic E-state index is -0.0143. The molecule has 0 aliphatic carbocycles. The number of hydrogen-bond acceptors (Lipinski definition) is 3. The van der Waals surface area contributed by atoms with Crippen LogP contribution >= 0.6 is 0 Å². The Labute approximate surface area is 102 Å². The quantitative estimate of drug-likeness (QED) is 0.885. The summed E-state index contributed by atoms with van der Waals surface area (Å²) in [6, 6.07) is 1.97. The van der Waals surface area contributed by atoms with E-state index in [4.69, 9.17) is 5.73 Å². The number of hydrogen-bond donors (Lipinski definition) is 1. The van der Waals surface area contributed by atoms with Crippen molar-refractivity contribution in [1.29, 1.82) is 0 Å². The maximum Gasteiger partial charge on any atom is 0.202 e. The van der Waals surface area contributed by atoms with Crippen LogP contribution in [-0.4, -0.2) is 14.5 Å². The molecule has 4 heteroatoms. The lowest BCUT2D eigenvalue weighted by Crippen LogP contribution is -2.29. The van der Waals surface area contributed by atoms with Crippen LogP contribution in [0.3, 0.4) is 0 Å². The molecule has 92 valence electrons. The maximum absolute atomic E-state index is 6.07. The predicted molar refractivity (Wildman–Crippen MR) is 70.9 cm³/mol. The van der Waals surface area contributed by atoms with E-state index in [1.807, 2.05) is 19.2 Å². The number of rotatable bonds is 3. The van der Waals surface area contributed by atoms with Gasteiger partial charge in [0, 0.05) is 11.7 Å². The molecule has 0 radical (unpaired) electrons. The van der Waals surface area contributed by atoms with Crippen LogP contribution in [-0.2, 0) is 5.54 Å². The topological polar surface area (TPSA) is 56.7 Å². The molecular weight excluding hydrogens is 212 g/mol. The first-order chi connectivity index (χ1) is 8.03. The third-order valence-corrected chi connectivity index (χ3v) is 3.84. The molecule has 2 heterocycles. The van der Waals surface area contributed by atoms with Crippen molar-refractivity contribution >= 4 is 17.1 Å². The smallest absolute Gasteiger partial charge is 0.202 e. The van der Waals surface area contributed by atoms with Crippen LogP contribution in [0.5, 0.6) is 0 Å². The van der Waals surface area contributed by atoms with E-state index in [9.17, 15) is 0 Å². The standard InChI is InChI=1S/C13H20N4/c1-5-13(4,6-2)17-11-10(16-12(17)14)9(3)7-8-15-11/h7-8H,5-6H2,1-4H3,(H2,14,16). The number of nitrogens with two attached hydrogens (primary N) is 1. The first-order valence-corrected chi connectivity index (χ1v) is 6.13. The summed E-state index contributed by atoms with van der Waals surface area (Å²) in [4.78, 5) is 8.90. The molecule has 0 unspecified atom stereocenters. The molecule has 2 rings (SSSR count). The largest absolute Gasteiger partial charge is 0.369 e. The van der Waals surface area contributed by atoms with Crippen molar-refractivity contribution in [1.82, 2.24) is 14.5 Å². The normalized spacial score (nSPS) is 12.2. The second-order valence-electron chi connectivity index (χ2n) is 4.81. The van der Waals surface area contributed by atoms with Crippen molar-refractivity contribution in [3.05, 3.63) is 17.8 Å². The van der Waals surface area contributed by atoms with Crippen LogP contribution in [0.2, 0.25) is 0 Å². The summed E-state index contributed by atoms with van der Waals surface area (Å²) in [6.45, 7) is 8.58. The monoisotopic (exact) mass is 232 g/mol. The van der Waals surface area contributed by atoms with Gasteiger partial charge in [-0.05, 0) is 38.3 Å². The Morgan fingerprint density at radius 1 is 1.35 bits per heavy atom. The van der Waals surface area contributed by atoms with Crippen molar-refractivity contribution in [2.45, 2.75) is 46.1 Å². The molecule has 0 amide bonds. The Balaban J connectivity index is 2.77. The molecule has 0 aliphatic rings. The highest BCUT2D eigenvalue weighted by Gasteiger charge is 2.27. The molecule has 0 aliphatic heterocycles. The minimum absolute atomic E-state index is 0.0143. The van der Waals surface area contributed by atoms with E-state index in [2.05, 4.69) is 35.3 Å². The van der Waals surface area contributed by atoms with E-state index in [0.29, 0.717) is 5.95 Å². The Kier molecular flexibility index (Phi) is 2.81. The van der Waals surface area contributed by atoms with E-state index in [-0.39, 0.29) is 5.54 Å². The van der Waals surface area contributed by atoms with E-state index in [0.717, 1.165) is 29.6 Å². The van der Waals surface area contributed by atoms with Crippen molar-refractivity contribution in [3.8, 4) is 0 Å². The summed E-state index contributed by atoms with van der Waals surface area (Å²) in [7, 11) is 0. The lowest BCUT2D eigenvalue weighted by atomic mass is 9.95. The van der Waals surface area contributed by atoms with E-state index < -0.39 is 0 Å². The Morgan fingerprint density at radius 2 is 2.00 bits per heavy atom. The van der Waals surface area contributed by atoms with Gasteiger partial charge in [0.1, 0.15) is 5.52 Å². The number of nitrogens with zero attached hydrogens (tertiary/aromatic N) is 3. The molecule has 0 fully saturated rings. The van der Waals surface area contributed by atoms with Crippen molar-refractivity contribution in [3.63, 3.8) is 0 Å². The van der Waals surface area contributed by atoms with Gasteiger partial charge in [-0.3, -0.25) is 4.57 Å². The number of imidazole rings is 1. The zero-order valence-corrected chi connectivity index (χ0v) is 11.0. The van der Waals surface area contributed by atoms with Gasteiger partial charge in [-0.2, -0.15) is 0 Å². The van der Waals surface area contributed by atoms with Gasteiger partial charge in [0.25, 0.3) is 0 Å². The van der Waals surface area contributed by atoms with Crippen LogP contribution in [0.25, 0.3) is 11.2 Å². The lowest BCUT2D eigenvalue weighted by molar-refractivity contribution is 0.305. The summed E-state index contributed by atoms with van der Waals surface area (Å²) in [5, 5.41) is 0. The average Bonchev–Trinajstić information content (AvgIpc) is 2.67. The van der Waals surface area contributed by atoms with Gasteiger partial charge in [-0.25, -0.2) is 9.97 Å². The predicted octanol–water partition coefficient (Wildman–Crippen LogP) is 2.86. The van der Waals surface area contributed by atoms with Crippen molar-refractivity contribution in [2.24, 2.45) is 0 Å².